The van der Waals surface area contributed by atoms with Crippen LogP contribution in [0.2, 0.25) is 0 Å². The number of nitrogens with zero attached hydrogens (tertiary/aromatic N) is 3. The zero-order valence-electron chi connectivity index (χ0n) is 20.7. The fraction of sp³-hybridized carbons (Fsp3) is 0.448. The van der Waals surface area contributed by atoms with E-state index in [0.29, 0.717) is 0 Å². The molecule has 0 bridgehead atoms. The number of benzene rings is 2. The van der Waals surface area contributed by atoms with Crippen molar-refractivity contribution in [2.75, 3.05) is 19.6 Å². The first kappa shape index (κ1) is 22.7. The Morgan fingerprint density at radius 3 is 1.69 bits per heavy atom. The molecule has 2 saturated heterocycles. The van der Waals surface area contributed by atoms with Gasteiger partial charge in [-0.3, -0.25) is 4.90 Å². The summed E-state index contributed by atoms with van der Waals surface area (Å²) in [5.41, 5.74) is 9.34. The average molecular weight is 430 g/mol. The molecule has 2 fully saturated rings. The molecule has 0 saturated carbocycles. The van der Waals surface area contributed by atoms with Gasteiger partial charge in [-0.1, -0.05) is 71.8 Å². The van der Waals surface area contributed by atoms with Gasteiger partial charge in [0.15, 0.2) is 0 Å². The summed E-state index contributed by atoms with van der Waals surface area (Å²) < 4.78 is 0. The summed E-state index contributed by atoms with van der Waals surface area (Å²) in [5.74, 6) is 1.11. The minimum atomic E-state index is 0.00369. The fourth-order valence-corrected chi connectivity index (χ4v) is 6.03. The Morgan fingerprint density at radius 1 is 0.750 bits per heavy atom. The van der Waals surface area contributed by atoms with Gasteiger partial charge >= 0.3 is 0 Å². The molecule has 170 valence electrons. The second kappa shape index (κ2) is 8.78. The molecule has 1 spiro atoms. The van der Waals surface area contributed by atoms with Crippen molar-refractivity contribution in [1.82, 2.24) is 14.7 Å². The van der Waals surface area contributed by atoms with Gasteiger partial charge in [-0.05, 0) is 58.6 Å². The lowest BCUT2D eigenvalue weighted by atomic mass is 9.84. The maximum absolute atomic E-state index is 4.64. The van der Waals surface area contributed by atoms with E-state index in [0.717, 1.165) is 51.4 Å². The predicted molar refractivity (Wildman–Crippen MR) is 135 cm³/mol. The minimum Gasteiger partial charge on any atom is -0.347 e. The van der Waals surface area contributed by atoms with Crippen LogP contribution in [0, 0.1) is 27.7 Å². The molecule has 0 aromatic heterocycles. The standard InChI is InChI=1S/C29H39N3/c1-8-32-26(7)31(20-28-17-23(4)14-24(5)18-28)25(6)29(32)9-11-30(12-10-29)19-27-15-21(2)13-22(3)16-27/h13-18H,6-12,19-20H2,1-5H3. The molecule has 2 aromatic carbocycles. The van der Waals surface area contributed by atoms with Crippen molar-refractivity contribution in [2.45, 2.75) is 66.1 Å². The van der Waals surface area contributed by atoms with E-state index in [1.807, 2.05) is 0 Å². The van der Waals surface area contributed by atoms with Crippen LogP contribution >= 0.6 is 0 Å². The van der Waals surface area contributed by atoms with E-state index in [4.69, 9.17) is 0 Å². The Hall–Kier alpha value is -2.52. The van der Waals surface area contributed by atoms with Crippen LogP contribution in [0.3, 0.4) is 0 Å². The Bertz CT molecular complexity index is 986. The number of rotatable bonds is 5. The SMILES string of the molecule is C=C1N(Cc2cc(C)cc(C)c2)C(=C)C2(CCN(Cc3cc(C)cc(C)c3)CC2)N1CC. The third-order valence-electron chi connectivity index (χ3n) is 7.31. The van der Waals surface area contributed by atoms with Gasteiger partial charge in [-0.2, -0.15) is 0 Å². The van der Waals surface area contributed by atoms with Gasteiger partial charge in [-0.15, -0.1) is 0 Å². The Labute approximate surface area is 195 Å². The molecule has 3 heteroatoms. The summed E-state index contributed by atoms with van der Waals surface area (Å²) in [6, 6.07) is 13.7. The van der Waals surface area contributed by atoms with Gasteiger partial charge in [-0.25, -0.2) is 0 Å². The molecule has 0 N–H and O–H groups in total. The molecule has 0 radical (unpaired) electrons. The van der Waals surface area contributed by atoms with Gasteiger partial charge in [0, 0.05) is 38.4 Å². The lowest BCUT2D eigenvalue weighted by molar-refractivity contribution is 0.0896. The predicted octanol–water partition coefficient (Wildman–Crippen LogP) is 6.08. The maximum Gasteiger partial charge on any atom is 0.102 e. The first-order valence-electron chi connectivity index (χ1n) is 12.0. The largest absolute Gasteiger partial charge is 0.347 e. The minimum absolute atomic E-state index is 0.00369. The molecule has 0 amide bonds. The molecule has 32 heavy (non-hydrogen) atoms. The van der Waals surface area contributed by atoms with Gasteiger partial charge in [0.05, 0.1) is 5.54 Å². The van der Waals surface area contributed by atoms with Crippen LogP contribution in [-0.4, -0.2) is 39.9 Å². The summed E-state index contributed by atoms with van der Waals surface area (Å²) in [7, 11) is 0. The highest BCUT2D eigenvalue weighted by Crippen LogP contribution is 2.46. The topological polar surface area (TPSA) is 9.72 Å². The van der Waals surface area contributed by atoms with E-state index < -0.39 is 0 Å². The van der Waals surface area contributed by atoms with Crippen LogP contribution in [0.4, 0.5) is 0 Å². The summed E-state index contributed by atoms with van der Waals surface area (Å²) in [6.45, 7) is 25.2. The highest BCUT2D eigenvalue weighted by atomic mass is 15.4. The lowest BCUT2D eigenvalue weighted by Gasteiger charge is -2.45. The van der Waals surface area contributed by atoms with Crippen molar-refractivity contribution in [1.29, 1.82) is 0 Å². The summed E-state index contributed by atoms with van der Waals surface area (Å²) in [6.07, 6.45) is 2.21. The second-order valence-corrected chi connectivity index (χ2v) is 9.99. The molecule has 2 aliphatic heterocycles. The molecule has 2 aromatic rings. The molecule has 4 rings (SSSR count). The molecular formula is C29H39N3. The van der Waals surface area contributed by atoms with Crippen molar-refractivity contribution in [3.63, 3.8) is 0 Å². The van der Waals surface area contributed by atoms with Crippen LogP contribution < -0.4 is 0 Å². The van der Waals surface area contributed by atoms with Crippen LogP contribution in [0.5, 0.6) is 0 Å². The molecule has 0 atom stereocenters. The third-order valence-corrected chi connectivity index (χ3v) is 7.31. The highest BCUT2D eigenvalue weighted by Gasteiger charge is 2.50. The van der Waals surface area contributed by atoms with E-state index >= 15 is 0 Å². The Kier molecular flexibility index (Phi) is 6.22. The third kappa shape index (κ3) is 4.23. The van der Waals surface area contributed by atoms with Crippen LogP contribution in [0.15, 0.2) is 61.1 Å². The first-order valence-corrected chi connectivity index (χ1v) is 12.0. The fourth-order valence-electron chi connectivity index (χ4n) is 6.03. The van der Waals surface area contributed by atoms with E-state index in [1.165, 1.54) is 39.1 Å². The Morgan fingerprint density at radius 2 is 1.22 bits per heavy atom. The second-order valence-electron chi connectivity index (χ2n) is 9.99. The lowest BCUT2D eigenvalue weighted by Crippen LogP contribution is -2.52. The zero-order valence-corrected chi connectivity index (χ0v) is 20.7. The van der Waals surface area contributed by atoms with Gasteiger partial charge in [0.1, 0.15) is 5.82 Å². The first-order chi connectivity index (χ1) is 15.2. The number of aryl methyl sites for hydroxylation is 4. The van der Waals surface area contributed by atoms with Crippen molar-refractivity contribution < 1.29 is 0 Å². The average Bonchev–Trinajstić information content (AvgIpc) is 2.89. The van der Waals surface area contributed by atoms with Crippen molar-refractivity contribution in [3.8, 4) is 0 Å². The van der Waals surface area contributed by atoms with Crippen molar-refractivity contribution >= 4 is 0 Å². The van der Waals surface area contributed by atoms with E-state index in [-0.39, 0.29) is 5.54 Å². The number of piperidine rings is 1. The van der Waals surface area contributed by atoms with Crippen LogP contribution in [0.1, 0.15) is 53.1 Å². The molecule has 0 aliphatic carbocycles. The van der Waals surface area contributed by atoms with E-state index in [2.05, 4.69) is 98.9 Å². The smallest absolute Gasteiger partial charge is 0.102 e. The maximum atomic E-state index is 4.64. The summed E-state index contributed by atoms with van der Waals surface area (Å²) in [5, 5.41) is 0. The summed E-state index contributed by atoms with van der Waals surface area (Å²) in [4.78, 5) is 7.50. The molecule has 0 unspecified atom stereocenters. The molecular weight excluding hydrogens is 390 g/mol. The Balaban J connectivity index is 1.50. The van der Waals surface area contributed by atoms with E-state index in [1.54, 1.807) is 0 Å². The highest BCUT2D eigenvalue weighted by molar-refractivity contribution is 5.35. The van der Waals surface area contributed by atoms with E-state index in [9.17, 15) is 0 Å². The molecule has 2 heterocycles. The summed E-state index contributed by atoms with van der Waals surface area (Å²) >= 11 is 0. The van der Waals surface area contributed by atoms with Crippen molar-refractivity contribution in [2.24, 2.45) is 0 Å². The molecule has 3 nitrogen and oxygen atoms in total. The number of hydrogen-bond acceptors (Lipinski definition) is 3. The van der Waals surface area contributed by atoms with Gasteiger partial charge < -0.3 is 9.80 Å². The van der Waals surface area contributed by atoms with Gasteiger partial charge in [0.25, 0.3) is 0 Å². The number of likely N-dealkylation sites (tertiary alicyclic amines) is 1. The van der Waals surface area contributed by atoms with Crippen LogP contribution in [0.25, 0.3) is 0 Å². The quantitative estimate of drug-likeness (QED) is 0.570. The number of hydrogen-bond donors (Lipinski definition) is 0. The monoisotopic (exact) mass is 429 g/mol. The van der Waals surface area contributed by atoms with Crippen molar-refractivity contribution in [3.05, 3.63) is 94.5 Å². The molecule has 2 aliphatic rings. The van der Waals surface area contributed by atoms with Gasteiger partial charge in [0.2, 0.25) is 0 Å². The van der Waals surface area contributed by atoms with Crippen LogP contribution in [-0.2, 0) is 13.1 Å². The zero-order chi connectivity index (χ0) is 23.0. The number of likely N-dealkylation sites (N-methyl/N-ethyl adjacent to an activating group) is 1. The normalized spacial score (nSPS) is 18.8.